The average Bonchev–Trinajstić information content (AvgIpc) is 3.17. The third-order valence-electron chi connectivity index (χ3n) is 5.20. The van der Waals surface area contributed by atoms with Gasteiger partial charge < -0.3 is 26.2 Å². The maximum atomic E-state index is 10.7. The number of hydrogen-bond donors (Lipinski definition) is 4. The van der Waals surface area contributed by atoms with E-state index in [1.807, 2.05) is 28.8 Å². The van der Waals surface area contributed by atoms with Crippen LogP contribution in [-0.2, 0) is 6.54 Å². The van der Waals surface area contributed by atoms with Gasteiger partial charge >= 0.3 is 0 Å². The molecule has 0 saturated heterocycles. The molecule has 2 aromatic heterocycles. The summed E-state index contributed by atoms with van der Waals surface area (Å²) in [4.78, 5) is 8.21. The van der Waals surface area contributed by atoms with Crippen molar-refractivity contribution in [2.75, 3.05) is 5.73 Å². The number of nitrogens with zero attached hydrogens (tertiary/aromatic N) is 3. The Bertz CT molecular complexity index is 960. The van der Waals surface area contributed by atoms with Gasteiger partial charge in [0, 0.05) is 18.7 Å². The highest BCUT2D eigenvalue weighted by atomic mass is 35.5. The first-order valence-corrected chi connectivity index (χ1v) is 8.82. The van der Waals surface area contributed by atoms with Crippen LogP contribution in [0.5, 0.6) is 0 Å². The molecule has 1 aliphatic carbocycles. The number of anilines is 1. The van der Waals surface area contributed by atoms with Crippen molar-refractivity contribution >= 4 is 28.5 Å². The van der Waals surface area contributed by atoms with Crippen molar-refractivity contribution in [1.29, 1.82) is 0 Å². The predicted octanol–water partition coefficient (Wildman–Crippen LogP) is 1.58. The molecule has 4 atom stereocenters. The Kier molecular flexibility index (Phi) is 4.32. The van der Waals surface area contributed by atoms with Crippen LogP contribution in [0.3, 0.4) is 0 Å². The molecule has 1 fully saturated rings. The molecule has 0 amide bonds. The molecular weight excluding hydrogens is 354 g/mol. The van der Waals surface area contributed by atoms with Crippen LogP contribution >= 0.6 is 11.6 Å². The van der Waals surface area contributed by atoms with Crippen molar-refractivity contribution in [2.24, 2.45) is 5.73 Å². The summed E-state index contributed by atoms with van der Waals surface area (Å²) < 4.78 is 1.82. The summed E-state index contributed by atoms with van der Waals surface area (Å²) in [6.45, 7) is 0.430. The summed E-state index contributed by atoms with van der Waals surface area (Å²) in [6.07, 6.45) is 0.528. The van der Waals surface area contributed by atoms with Gasteiger partial charge in [-0.1, -0.05) is 24.3 Å². The molecule has 8 heteroatoms. The van der Waals surface area contributed by atoms with Crippen LogP contribution in [0.2, 0.25) is 5.28 Å². The summed E-state index contributed by atoms with van der Waals surface area (Å²) in [5.74, 6) is 0.0904. The molecule has 0 bridgehead atoms. The second-order valence-electron chi connectivity index (χ2n) is 6.68. The molecule has 2 heterocycles. The van der Waals surface area contributed by atoms with Crippen molar-refractivity contribution in [1.82, 2.24) is 14.5 Å². The number of nitrogen functional groups attached to an aromatic ring is 1. The van der Waals surface area contributed by atoms with Gasteiger partial charge in [0.1, 0.15) is 17.6 Å². The van der Waals surface area contributed by atoms with Gasteiger partial charge in [0.05, 0.1) is 17.5 Å². The molecule has 1 aromatic carbocycles. The molecule has 0 aliphatic heterocycles. The summed E-state index contributed by atoms with van der Waals surface area (Å²) in [5.41, 5.74) is 14.1. The van der Waals surface area contributed by atoms with E-state index in [-0.39, 0.29) is 17.2 Å². The fourth-order valence-corrected chi connectivity index (χ4v) is 4.03. The molecular formula is C18H20ClN5O2. The molecule has 3 aromatic rings. The van der Waals surface area contributed by atoms with Gasteiger partial charge in [0.25, 0.3) is 0 Å². The monoisotopic (exact) mass is 373 g/mol. The Morgan fingerprint density at radius 2 is 2.00 bits per heavy atom. The smallest absolute Gasteiger partial charge is 0.226 e. The highest BCUT2D eigenvalue weighted by molar-refractivity contribution is 6.28. The molecule has 7 nitrogen and oxygen atoms in total. The highest BCUT2D eigenvalue weighted by Gasteiger charge is 2.43. The number of benzene rings is 1. The fraction of sp³-hybridized carbons (Fsp3) is 0.333. The largest absolute Gasteiger partial charge is 0.390 e. The standard InChI is InChI=1S/C18H20ClN5O2/c19-18-22-16(21)11-4-5-24(17(11)23-18)13-7-12(14(25)15(13)26)10-3-1-2-9(6-10)8-20/h1-6,12-15,25-26H,7-8,20H2,(H2,21,22,23)/t12-,13-,14-,15+/m1/s1. The SMILES string of the molecule is NCc1cccc([C@H]2C[C@@H](n3ccc4c(N)nc(Cl)nc43)[C@H](O)[C@@H]2O)c1. The minimum atomic E-state index is -0.938. The maximum absolute atomic E-state index is 10.7. The van der Waals surface area contributed by atoms with Crippen LogP contribution in [0, 0.1) is 0 Å². The Hall–Kier alpha value is -2.19. The number of aliphatic hydroxyl groups is 2. The van der Waals surface area contributed by atoms with E-state index in [4.69, 9.17) is 23.1 Å². The zero-order valence-corrected chi connectivity index (χ0v) is 14.7. The lowest BCUT2D eigenvalue weighted by Crippen LogP contribution is -2.29. The van der Waals surface area contributed by atoms with Gasteiger partial charge in [-0.2, -0.15) is 4.98 Å². The Balaban J connectivity index is 1.72. The van der Waals surface area contributed by atoms with E-state index >= 15 is 0 Å². The summed E-state index contributed by atoms with van der Waals surface area (Å²) in [6, 6.07) is 9.24. The lowest BCUT2D eigenvalue weighted by atomic mass is 9.94. The van der Waals surface area contributed by atoms with Crippen LogP contribution in [-0.4, -0.2) is 37.0 Å². The molecule has 6 N–H and O–H groups in total. The van der Waals surface area contributed by atoms with Crippen LogP contribution < -0.4 is 11.5 Å². The zero-order chi connectivity index (χ0) is 18.4. The van der Waals surface area contributed by atoms with Gasteiger partial charge in [-0.25, -0.2) is 4.98 Å². The number of hydrogen-bond acceptors (Lipinski definition) is 6. The average molecular weight is 374 g/mol. The van der Waals surface area contributed by atoms with Gasteiger partial charge in [-0.05, 0) is 35.2 Å². The quantitative estimate of drug-likeness (QED) is 0.517. The molecule has 1 aliphatic rings. The van der Waals surface area contributed by atoms with E-state index in [0.717, 1.165) is 11.1 Å². The number of halogens is 1. The second-order valence-corrected chi connectivity index (χ2v) is 7.02. The maximum Gasteiger partial charge on any atom is 0.226 e. The Morgan fingerprint density at radius 1 is 1.19 bits per heavy atom. The lowest BCUT2D eigenvalue weighted by molar-refractivity contribution is 0.0179. The molecule has 26 heavy (non-hydrogen) atoms. The van der Waals surface area contributed by atoms with E-state index in [0.29, 0.717) is 29.8 Å². The zero-order valence-electron chi connectivity index (χ0n) is 14.0. The van der Waals surface area contributed by atoms with Crippen molar-refractivity contribution < 1.29 is 10.2 Å². The van der Waals surface area contributed by atoms with Crippen LogP contribution in [0.25, 0.3) is 11.0 Å². The van der Waals surface area contributed by atoms with E-state index in [2.05, 4.69) is 9.97 Å². The summed E-state index contributed by atoms with van der Waals surface area (Å²) >= 11 is 5.94. The molecule has 1 saturated carbocycles. The third-order valence-corrected chi connectivity index (χ3v) is 5.37. The molecule has 0 unspecified atom stereocenters. The topological polar surface area (TPSA) is 123 Å². The van der Waals surface area contributed by atoms with Crippen LogP contribution in [0.4, 0.5) is 5.82 Å². The van der Waals surface area contributed by atoms with Crippen molar-refractivity contribution in [3.8, 4) is 0 Å². The first-order valence-electron chi connectivity index (χ1n) is 8.44. The van der Waals surface area contributed by atoms with Crippen LogP contribution in [0.1, 0.15) is 29.5 Å². The van der Waals surface area contributed by atoms with Gasteiger partial charge in [-0.3, -0.25) is 0 Å². The number of fused-ring (bicyclic) bond motifs is 1. The third kappa shape index (κ3) is 2.73. The van der Waals surface area contributed by atoms with Crippen molar-refractivity contribution in [3.05, 3.63) is 52.9 Å². The minimum absolute atomic E-state index is 0.0511. The molecule has 0 radical (unpaired) electrons. The number of aliphatic hydroxyl groups excluding tert-OH is 2. The first-order chi connectivity index (χ1) is 12.5. The Labute approximate surface area is 155 Å². The fourth-order valence-electron chi connectivity index (χ4n) is 3.86. The normalized spacial score (nSPS) is 25.8. The van der Waals surface area contributed by atoms with Crippen molar-refractivity contribution in [3.63, 3.8) is 0 Å². The first kappa shape index (κ1) is 17.2. The van der Waals surface area contributed by atoms with E-state index in [9.17, 15) is 10.2 Å². The van der Waals surface area contributed by atoms with E-state index in [1.165, 1.54) is 0 Å². The molecule has 4 rings (SSSR count). The number of nitrogens with two attached hydrogens (primary N) is 2. The van der Waals surface area contributed by atoms with Gasteiger partial charge in [0.2, 0.25) is 5.28 Å². The second kappa shape index (κ2) is 6.51. The number of rotatable bonds is 3. The number of aromatic nitrogens is 3. The van der Waals surface area contributed by atoms with Gasteiger partial charge in [-0.15, -0.1) is 0 Å². The summed E-state index contributed by atoms with van der Waals surface area (Å²) in [5, 5.41) is 22.1. The van der Waals surface area contributed by atoms with E-state index in [1.54, 1.807) is 12.3 Å². The molecule has 0 spiro atoms. The van der Waals surface area contributed by atoms with Crippen molar-refractivity contribution in [2.45, 2.75) is 37.1 Å². The predicted molar refractivity (Wildman–Crippen MR) is 99.7 cm³/mol. The van der Waals surface area contributed by atoms with Crippen LogP contribution in [0.15, 0.2) is 36.5 Å². The van der Waals surface area contributed by atoms with Gasteiger partial charge in [0.15, 0.2) is 0 Å². The minimum Gasteiger partial charge on any atom is -0.390 e. The van der Waals surface area contributed by atoms with E-state index < -0.39 is 12.2 Å². The molecule has 136 valence electrons. The lowest BCUT2D eigenvalue weighted by Gasteiger charge is -2.19. The summed E-state index contributed by atoms with van der Waals surface area (Å²) in [7, 11) is 0. The Morgan fingerprint density at radius 3 is 2.77 bits per heavy atom. The highest BCUT2D eigenvalue weighted by Crippen LogP contribution is 2.43.